The van der Waals surface area contributed by atoms with Crippen molar-refractivity contribution in [2.75, 3.05) is 6.54 Å². The molecular formula is C21H15F6N3O3. The minimum Gasteiger partial charge on any atom is -0.382 e. The van der Waals surface area contributed by atoms with Crippen LogP contribution in [-0.4, -0.2) is 39.6 Å². The average Bonchev–Trinajstić information content (AvgIpc) is 2.76. The Morgan fingerprint density at radius 2 is 1.76 bits per heavy atom. The normalized spacial score (nSPS) is 12.6. The minimum atomic E-state index is -5.00. The first-order chi connectivity index (χ1) is 15.5. The number of aromatic nitrogens is 2. The number of carbonyl (C=O) groups is 1. The average molecular weight is 471 g/mol. The molecule has 6 nitrogen and oxygen atoms in total. The van der Waals surface area contributed by atoms with Crippen molar-refractivity contribution in [3.63, 3.8) is 0 Å². The molecule has 0 radical (unpaired) electrons. The maximum atomic E-state index is 13.7. The summed E-state index contributed by atoms with van der Waals surface area (Å²) in [5.41, 5.74) is -1.98. The van der Waals surface area contributed by atoms with Crippen molar-refractivity contribution in [1.29, 1.82) is 0 Å². The number of carbonyl (C=O) groups excluding carboxylic acids is 1. The molecular weight excluding hydrogens is 456 g/mol. The van der Waals surface area contributed by atoms with E-state index in [2.05, 4.69) is 5.10 Å². The molecule has 1 atom stereocenters. The molecule has 0 spiro atoms. The van der Waals surface area contributed by atoms with Gasteiger partial charge in [-0.05, 0) is 24.3 Å². The topological polar surface area (TPSA) is 84.2 Å². The monoisotopic (exact) mass is 471 g/mol. The molecule has 3 rings (SSSR count). The molecule has 0 unspecified atom stereocenters. The smallest absolute Gasteiger partial charge is 0.382 e. The summed E-state index contributed by atoms with van der Waals surface area (Å²) in [4.78, 5) is 25.3. The molecule has 1 heterocycles. The number of benzene rings is 2. The van der Waals surface area contributed by atoms with E-state index in [1.54, 1.807) is 0 Å². The van der Waals surface area contributed by atoms with E-state index in [9.17, 15) is 35.9 Å². The number of hydrogen-bond donors (Lipinski definition) is 2. The van der Waals surface area contributed by atoms with Crippen LogP contribution in [0.1, 0.15) is 22.3 Å². The van der Waals surface area contributed by atoms with Crippen LogP contribution < -0.4 is 10.9 Å². The highest BCUT2D eigenvalue weighted by atomic mass is 19.4. The predicted octanol–water partition coefficient (Wildman–Crippen LogP) is 3.63. The first-order valence-corrected chi connectivity index (χ1v) is 9.29. The highest BCUT2D eigenvalue weighted by Gasteiger charge is 2.38. The van der Waals surface area contributed by atoms with Gasteiger partial charge in [-0.15, -0.1) is 0 Å². The molecule has 3 aromatic rings. The van der Waals surface area contributed by atoms with E-state index in [-0.39, 0.29) is 22.5 Å². The second-order valence-electron chi connectivity index (χ2n) is 6.83. The van der Waals surface area contributed by atoms with Gasteiger partial charge in [0, 0.05) is 11.1 Å². The second-order valence-corrected chi connectivity index (χ2v) is 6.83. The van der Waals surface area contributed by atoms with E-state index in [1.807, 2.05) is 5.32 Å². The van der Waals surface area contributed by atoms with Gasteiger partial charge in [-0.1, -0.05) is 30.3 Å². The van der Waals surface area contributed by atoms with Crippen molar-refractivity contribution in [1.82, 2.24) is 15.1 Å². The fourth-order valence-electron chi connectivity index (χ4n) is 2.78. The Hall–Kier alpha value is -3.67. The van der Waals surface area contributed by atoms with Gasteiger partial charge >= 0.3 is 6.18 Å². The van der Waals surface area contributed by atoms with Crippen molar-refractivity contribution in [3.8, 4) is 16.9 Å². The number of amides is 1. The van der Waals surface area contributed by atoms with Gasteiger partial charge in [0.05, 0.1) is 17.9 Å². The lowest BCUT2D eigenvalue weighted by Gasteiger charge is -2.15. The highest BCUT2D eigenvalue weighted by Crippen LogP contribution is 2.24. The van der Waals surface area contributed by atoms with E-state index in [0.717, 1.165) is 30.3 Å². The second kappa shape index (κ2) is 9.45. The molecule has 1 amide bonds. The molecule has 12 heteroatoms. The summed E-state index contributed by atoms with van der Waals surface area (Å²) in [6.07, 6.45) is -10.6. The van der Waals surface area contributed by atoms with E-state index in [0.29, 0.717) is 4.68 Å². The first-order valence-electron chi connectivity index (χ1n) is 9.29. The van der Waals surface area contributed by atoms with E-state index in [1.165, 1.54) is 24.3 Å². The third kappa shape index (κ3) is 5.58. The molecule has 0 saturated heterocycles. The minimum absolute atomic E-state index is 0.0683. The lowest BCUT2D eigenvalue weighted by Crippen LogP contribution is -2.42. The Kier molecular flexibility index (Phi) is 6.86. The van der Waals surface area contributed by atoms with E-state index >= 15 is 0 Å². The van der Waals surface area contributed by atoms with E-state index < -0.39 is 48.1 Å². The quantitative estimate of drug-likeness (QED) is 0.538. The summed E-state index contributed by atoms with van der Waals surface area (Å²) in [6.45, 7) is -1.22. The number of rotatable bonds is 6. The zero-order valence-corrected chi connectivity index (χ0v) is 16.5. The third-order valence-corrected chi connectivity index (χ3v) is 4.50. The zero-order chi connectivity index (χ0) is 24.3. The predicted molar refractivity (Wildman–Crippen MR) is 105 cm³/mol. The zero-order valence-electron chi connectivity index (χ0n) is 16.5. The van der Waals surface area contributed by atoms with Gasteiger partial charge in [-0.2, -0.15) is 23.0 Å². The van der Waals surface area contributed by atoms with Crippen molar-refractivity contribution in [2.24, 2.45) is 0 Å². The number of alkyl halides is 5. The largest absolute Gasteiger partial charge is 0.416 e. The molecule has 0 aliphatic rings. The molecule has 0 aliphatic carbocycles. The Balaban J connectivity index is 2.08. The molecule has 2 N–H and O–H groups in total. The van der Waals surface area contributed by atoms with Gasteiger partial charge in [0.25, 0.3) is 17.9 Å². The van der Waals surface area contributed by atoms with Gasteiger partial charge in [-0.3, -0.25) is 9.59 Å². The number of nitrogens with one attached hydrogen (secondary N) is 1. The Bertz CT molecular complexity index is 1210. The summed E-state index contributed by atoms with van der Waals surface area (Å²) in [5.74, 6) is -1.98. The van der Waals surface area contributed by atoms with Crippen LogP contribution in [0.4, 0.5) is 26.3 Å². The molecule has 1 aromatic heterocycles. The lowest BCUT2D eigenvalue weighted by molar-refractivity contribution is -0.201. The van der Waals surface area contributed by atoms with Gasteiger partial charge in [0.2, 0.25) is 0 Å². The maximum Gasteiger partial charge on any atom is 0.416 e. The van der Waals surface area contributed by atoms with Crippen LogP contribution in [-0.2, 0) is 0 Å². The summed E-state index contributed by atoms with van der Waals surface area (Å²) >= 11 is 0. The molecule has 174 valence electrons. The van der Waals surface area contributed by atoms with Gasteiger partial charge in [0.1, 0.15) is 11.4 Å². The van der Waals surface area contributed by atoms with Crippen LogP contribution in [0.5, 0.6) is 0 Å². The van der Waals surface area contributed by atoms with Crippen LogP contribution in [0.15, 0.2) is 59.4 Å². The Morgan fingerprint density at radius 3 is 2.33 bits per heavy atom. The van der Waals surface area contributed by atoms with Gasteiger partial charge < -0.3 is 10.4 Å². The maximum absolute atomic E-state index is 13.7. The first kappa shape index (κ1) is 24.0. The molecule has 0 bridgehead atoms. The fourth-order valence-corrected chi connectivity index (χ4v) is 2.78. The summed E-state index contributed by atoms with van der Waals surface area (Å²) in [5, 5.41) is 14.9. The van der Waals surface area contributed by atoms with Crippen molar-refractivity contribution in [3.05, 3.63) is 81.9 Å². The van der Waals surface area contributed by atoms with Crippen molar-refractivity contribution < 1.29 is 36.2 Å². The van der Waals surface area contributed by atoms with Crippen LogP contribution in [0.2, 0.25) is 0 Å². The number of hydrogen-bond acceptors (Lipinski definition) is 4. The van der Waals surface area contributed by atoms with Crippen LogP contribution in [0.3, 0.4) is 0 Å². The Morgan fingerprint density at radius 1 is 1.09 bits per heavy atom. The molecule has 33 heavy (non-hydrogen) atoms. The van der Waals surface area contributed by atoms with Gasteiger partial charge in [0.15, 0.2) is 6.10 Å². The van der Waals surface area contributed by atoms with Crippen LogP contribution in [0, 0.1) is 5.82 Å². The Labute approximate surface area is 182 Å². The standard InChI is InChI=1S/C21H15F6N3O3/c22-13-2-1-3-14(8-13)30-20(33)15(19(32)28-10-17(31)21(25,26)27)9-16(29-30)11-4-6-12(7-5-11)18(23)24/h1-9,17-18,31H,10H2,(H,28,32)/t17-/m1/s1. The SMILES string of the molecule is O=C(NC[C@@H](O)C(F)(F)F)c1cc(-c2ccc(C(F)F)cc2)nn(-c2cccc(F)c2)c1=O. The van der Waals surface area contributed by atoms with E-state index in [4.69, 9.17) is 5.11 Å². The summed E-state index contributed by atoms with van der Waals surface area (Å²) in [7, 11) is 0. The fraction of sp³-hybridized carbons (Fsp3) is 0.190. The van der Waals surface area contributed by atoms with Gasteiger partial charge in [-0.25, -0.2) is 13.2 Å². The number of nitrogens with zero attached hydrogens (tertiary/aromatic N) is 2. The van der Waals surface area contributed by atoms with Crippen molar-refractivity contribution >= 4 is 5.91 Å². The lowest BCUT2D eigenvalue weighted by atomic mass is 10.1. The van der Waals surface area contributed by atoms with Crippen molar-refractivity contribution in [2.45, 2.75) is 18.7 Å². The molecule has 0 saturated carbocycles. The third-order valence-electron chi connectivity index (χ3n) is 4.50. The van der Waals surface area contributed by atoms with Crippen LogP contribution in [0.25, 0.3) is 16.9 Å². The summed E-state index contributed by atoms with van der Waals surface area (Å²) < 4.78 is 77.5. The number of aliphatic hydroxyl groups is 1. The molecule has 2 aromatic carbocycles. The molecule has 0 aliphatic heterocycles. The number of aliphatic hydroxyl groups excluding tert-OH is 1. The number of halogens is 6. The highest BCUT2D eigenvalue weighted by molar-refractivity contribution is 5.94. The summed E-state index contributed by atoms with van der Waals surface area (Å²) in [6, 6.07) is 10.3. The molecule has 0 fully saturated rings. The van der Waals surface area contributed by atoms with Crippen LogP contribution >= 0.6 is 0 Å².